The normalized spacial score (nSPS) is 13.3. The molecule has 4 heteroatoms. The summed E-state index contributed by atoms with van der Waals surface area (Å²) in [6.07, 6.45) is 3.14. The summed E-state index contributed by atoms with van der Waals surface area (Å²) in [5.74, 6) is 0.669. The number of aryl methyl sites for hydroxylation is 3. The van der Waals surface area contributed by atoms with Gasteiger partial charge in [-0.3, -0.25) is 0 Å². The van der Waals surface area contributed by atoms with Crippen LogP contribution in [0.5, 0.6) is 11.6 Å². The van der Waals surface area contributed by atoms with Crippen LogP contribution in [0.25, 0.3) is 0 Å². The van der Waals surface area contributed by atoms with Gasteiger partial charge in [0.05, 0.1) is 0 Å². The maximum Gasteiger partial charge on any atom is 0.223 e. The maximum atomic E-state index is 13.6. The Morgan fingerprint density at radius 2 is 2.15 bits per heavy atom. The van der Waals surface area contributed by atoms with E-state index in [9.17, 15) is 4.39 Å². The molecule has 2 N–H and O–H groups in total. The summed E-state index contributed by atoms with van der Waals surface area (Å²) in [6, 6.07) is 6.88. The number of halogens is 1. The lowest BCUT2D eigenvalue weighted by Gasteiger charge is -2.12. The molecule has 0 atom stereocenters. The van der Waals surface area contributed by atoms with Crippen LogP contribution in [0.4, 0.5) is 4.39 Å². The average Bonchev–Trinajstić information content (AvgIpc) is 2.89. The van der Waals surface area contributed by atoms with Crippen LogP contribution in [-0.4, -0.2) is 4.98 Å². The molecule has 0 fully saturated rings. The van der Waals surface area contributed by atoms with Crippen LogP contribution in [0.1, 0.15) is 28.8 Å². The van der Waals surface area contributed by atoms with Gasteiger partial charge in [0.25, 0.3) is 0 Å². The second-order valence-electron chi connectivity index (χ2n) is 5.13. The summed E-state index contributed by atoms with van der Waals surface area (Å²) < 4.78 is 19.3. The monoisotopic (exact) mass is 272 g/mol. The summed E-state index contributed by atoms with van der Waals surface area (Å²) in [7, 11) is 0. The highest BCUT2D eigenvalue weighted by molar-refractivity contribution is 5.39. The Morgan fingerprint density at radius 3 is 2.90 bits per heavy atom. The molecular weight excluding hydrogens is 255 g/mol. The molecular formula is C16H17FN2O. The molecule has 1 aromatic heterocycles. The van der Waals surface area contributed by atoms with Gasteiger partial charge in [-0.2, -0.15) is 0 Å². The van der Waals surface area contributed by atoms with Gasteiger partial charge in [0.1, 0.15) is 11.6 Å². The number of ether oxygens (including phenoxy) is 1. The number of benzene rings is 1. The predicted molar refractivity (Wildman–Crippen MR) is 75.4 cm³/mol. The van der Waals surface area contributed by atoms with Crippen molar-refractivity contribution in [3.05, 3.63) is 52.5 Å². The fourth-order valence-corrected chi connectivity index (χ4v) is 2.48. The SMILES string of the molecule is Cc1ccc(Oc2nc3c(cc2CN)CCC3)cc1F. The topological polar surface area (TPSA) is 48.1 Å². The van der Waals surface area contributed by atoms with E-state index in [4.69, 9.17) is 10.5 Å². The van der Waals surface area contributed by atoms with Crippen LogP contribution in [0.2, 0.25) is 0 Å². The molecule has 0 amide bonds. The van der Waals surface area contributed by atoms with Crippen molar-refractivity contribution in [2.24, 2.45) is 5.73 Å². The second kappa shape index (κ2) is 5.21. The number of nitrogens with two attached hydrogens (primary N) is 1. The summed E-state index contributed by atoms with van der Waals surface area (Å²) >= 11 is 0. The van der Waals surface area contributed by atoms with Crippen LogP contribution in [0, 0.1) is 12.7 Å². The lowest BCUT2D eigenvalue weighted by Crippen LogP contribution is -2.04. The summed E-state index contributed by atoms with van der Waals surface area (Å²) in [6.45, 7) is 2.09. The van der Waals surface area contributed by atoms with Crippen molar-refractivity contribution in [1.29, 1.82) is 0 Å². The summed E-state index contributed by atoms with van der Waals surface area (Å²) in [5.41, 5.74) is 9.55. The Bertz CT molecular complexity index is 655. The number of hydrogen-bond acceptors (Lipinski definition) is 3. The third-order valence-corrected chi connectivity index (χ3v) is 3.67. The molecule has 2 aromatic rings. The van der Waals surface area contributed by atoms with Gasteiger partial charge >= 0.3 is 0 Å². The molecule has 3 rings (SSSR count). The molecule has 0 bridgehead atoms. The van der Waals surface area contributed by atoms with Crippen LogP contribution in [-0.2, 0) is 19.4 Å². The lowest BCUT2D eigenvalue weighted by molar-refractivity contribution is 0.449. The molecule has 0 saturated carbocycles. The highest BCUT2D eigenvalue weighted by Crippen LogP contribution is 2.30. The van der Waals surface area contributed by atoms with E-state index in [0.29, 0.717) is 23.7 Å². The number of hydrogen-bond donors (Lipinski definition) is 1. The van der Waals surface area contributed by atoms with E-state index in [1.54, 1.807) is 19.1 Å². The molecule has 0 saturated heterocycles. The predicted octanol–water partition coefficient (Wildman–Crippen LogP) is 3.27. The van der Waals surface area contributed by atoms with Crippen molar-refractivity contribution in [2.75, 3.05) is 0 Å². The molecule has 104 valence electrons. The minimum Gasteiger partial charge on any atom is -0.439 e. The lowest BCUT2D eigenvalue weighted by atomic mass is 10.1. The Hall–Kier alpha value is -1.94. The molecule has 0 unspecified atom stereocenters. The number of aromatic nitrogens is 1. The zero-order valence-electron chi connectivity index (χ0n) is 11.4. The van der Waals surface area contributed by atoms with E-state index in [1.807, 2.05) is 0 Å². The van der Waals surface area contributed by atoms with Crippen molar-refractivity contribution in [1.82, 2.24) is 4.98 Å². The van der Waals surface area contributed by atoms with Gasteiger partial charge in [0, 0.05) is 23.9 Å². The first-order chi connectivity index (χ1) is 9.67. The van der Waals surface area contributed by atoms with E-state index in [-0.39, 0.29) is 5.82 Å². The van der Waals surface area contributed by atoms with Gasteiger partial charge in [-0.05, 0) is 49.4 Å². The van der Waals surface area contributed by atoms with Crippen LogP contribution < -0.4 is 10.5 Å². The second-order valence-corrected chi connectivity index (χ2v) is 5.13. The Morgan fingerprint density at radius 1 is 1.30 bits per heavy atom. The fourth-order valence-electron chi connectivity index (χ4n) is 2.48. The molecule has 0 aliphatic heterocycles. The first kappa shape index (κ1) is 13.1. The maximum absolute atomic E-state index is 13.6. The molecule has 1 aromatic carbocycles. The standard InChI is InChI=1S/C16H17FN2O/c1-10-5-6-13(8-14(10)17)20-16-12(9-18)7-11-3-2-4-15(11)19-16/h5-8H,2-4,9,18H2,1H3. The zero-order chi connectivity index (χ0) is 14.1. The van der Waals surface area contributed by atoms with E-state index < -0.39 is 0 Å². The number of pyridine rings is 1. The highest BCUT2D eigenvalue weighted by Gasteiger charge is 2.17. The fraction of sp³-hybridized carbons (Fsp3) is 0.312. The first-order valence-electron chi connectivity index (χ1n) is 6.83. The molecule has 0 spiro atoms. The van der Waals surface area contributed by atoms with Gasteiger partial charge in [-0.15, -0.1) is 0 Å². The van der Waals surface area contributed by atoms with E-state index in [0.717, 1.165) is 30.5 Å². The van der Waals surface area contributed by atoms with Gasteiger partial charge in [0.15, 0.2) is 0 Å². The third-order valence-electron chi connectivity index (χ3n) is 3.67. The molecule has 20 heavy (non-hydrogen) atoms. The van der Waals surface area contributed by atoms with Crippen LogP contribution >= 0.6 is 0 Å². The molecule has 3 nitrogen and oxygen atoms in total. The minimum atomic E-state index is -0.280. The van der Waals surface area contributed by atoms with Gasteiger partial charge in [-0.1, -0.05) is 6.07 Å². The quantitative estimate of drug-likeness (QED) is 0.932. The zero-order valence-corrected chi connectivity index (χ0v) is 11.4. The van der Waals surface area contributed by atoms with Gasteiger partial charge < -0.3 is 10.5 Å². The van der Waals surface area contributed by atoms with Gasteiger partial charge in [0.2, 0.25) is 5.88 Å². The molecule has 1 aliphatic carbocycles. The van der Waals surface area contributed by atoms with Crippen LogP contribution in [0.3, 0.4) is 0 Å². The van der Waals surface area contributed by atoms with Crippen LogP contribution in [0.15, 0.2) is 24.3 Å². The Labute approximate surface area is 117 Å². The molecule has 0 radical (unpaired) electrons. The average molecular weight is 272 g/mol. The van der Waals surface area contributed by atoms with Crippen molar-refractivity contribution in [3.63, 3.8) is 0 Å². The number of nitrogens with zero attached hydrogens (tertiary/aromatic N) is 1. The largest absolute Gasteiger partial charge is 0.439 e. The minimum absolute atomic E-state index is 0.280. The summed E-state index contributed by atoms with van der Waals surface area (Å²) in [4.78, 5) is 4.55. The summed E-state index contributed by atoms with van der Waals surface area (Å²) in [5, 5.41) is 0. The van der Waals surface area contributed by atoms with E-state index >= 15 is 0 Å². The number of rotatable bonds is 3. The van der Waals surface area contributed by atoms with Crippen molar-refractivity contribution in [2.45, 2.75) is 32.7 Å². The first-order valence-corrected chi connectivity index (χ1v) is 6.83. The Balaban J connectivity index is 1.95. The molecule has 1 aliphatic rings. The van der Waals surface area contributed by atoms with E-state index in [2.05, 4.69) is 11.1 Å². The number of fused-ring (bicyclic) bond motifs is 1. The van der Waals surface area contributed by atoms with Gasteiger partial charge in [-0.25, -0.2) is 9.37 Å². The third kappa shape index (κ3) is 2.39. The van der Waals surface area contributed by atoms with Crippen molar-refractivity contribution < 1.29 is 9.13 Å². The van der Waals surface area contributed by atoms with Crippen molar-refractivity contribution >= 4 is 0 Å². The molecule has 1 heterocycles. The highest BCUT2D eigenvalue weighted by atomic mass is 19.1. The Kier molecular flexibility index (Phi) is 3.40. The smallest absolute Gasteiger partial charge is 0.223 e. The van der Waals surface area contributed by atoms with E-state index in [1.165, 1.54) is 11.6 Å². The van der Waals surface area contributed by atoms with Crippen molar-refractivity contribution in [3.8, 4) is 11.6 Å².